The van der Waals surface area contributed by atoms with Crippen molar-refractivity contribution >= 4 is 0 Å². The van der Waals surface area contributed by atoms with Crippen LogP contribution in [0.25, 0.3) is 0 Å². The van der Waals surface area contributed by atoms with Gasteiger partial charge in [-0.15, -0.1) is 0 Å². The van der Waals surface area contributed by atoms with Gasteiger partial charge in [0.05, 0.1) is 6.61 Å². The maximum atomic E-state index is 13.7. The summed E-state index contributed by atoms with van der Waals surface area (Å²) in [5.41, 5.74) is -0.202. The minimum atomic E-state index is -1.24. The molecule has 0 aliphatic heterocycles. The summed E-state index contributed by atoms with van der Waals surface area (Å²) in [7, 11) is 0. The number of hydrogen-bond donors (Lipinski definition) is 2. The predicted octanol–water partition coefficient (Wildman–Crippen LogP) is 2.60. The van der Waals surface area contributed by atoms with Crippen molar-refractivity contribution in [3.63, 3.8) is 0 Å². The molecule has 1 unspecified atom stereocenters. The molecule has 0 fully saturated rings. The van der Waals surface area contributed by atoms with Gasteiger partial charge in [0, 0.05) is 5.56 Å². The SMILES string of the molecule is CC(O)(COc1c(F)cccc1CO)c1ccccc1. The van der Waals surface area contributed by atoms with Crippen LogP contribution in [-0.4, -0.2) is 16.8 Å². The number of ether oxygens (including phenoxy) is 1. The van der Waals surface area contributed by atoms with Gasteiger partial charge in [-0.05, 0) is 18.6 Å². The first kappa shape index (κ1) is 14.5. The molecule has 2 N–H and O–H groups in total. The molecule has 2 aromatic carbocycles. The molecular formula is C16H17FO3. The Balaban J connectivity index is 2.17. The fourth-order valence-corrected chi connectivity index (χ4v) is 1.93. The second-order valence-corrected chi connectivity index (χ2v) is 4.81. The van der Waals surface area contributed by atoms with Crippen molar-refractivity contribution in [2.45, 2.75) is 19.1 Å². The molecular weight excluding hydrogens is 259 g/mol. The monoisotopic (exact) mass is 276 g/mol. The van der Waals surface area contributed by atoms with E-state index in [2.05, 4.69) is 0 Å². The van der Waals surface area contributed by atoms with E-state index in [1.165, 1.54) is 12.1 Å². The summed E-state index contributed by atoms with van der Waals surface area (Å²) >= 11 is 0. The van der Waals surface area contributed by atoms with Crippen molar-refractivity contribution in [1.82, 2.24) is 0 Å². The number of rotatable bonds is 5. The average Bonchev–Trinajstić information content (AvgIpc) is 2.46. The molecule has 4 heteroatoms. The largest absolute Gasteiger partial charge is 0.487 e. The van der Waals surface area contributed by atoms with Crippen LogP contribution >= 0.6 is 0 Å². The fraction of sp³-hybridized carbons (Fsp3) is 0.250. The number of aliphatic hydroxyl groups excluding tert-OH is 1. The van der Waals surface area contributed by atoms with Crippen LogP contribution in [0, 0.1) is 5.82 Å². The van der Waals surface area contributed by atoms with Crippen molar-refractivity contribution < 1.29 is 19.3 Å². The molecule has 0 aliphatic rings. The van der Waals surface area contributed by atoms with Gasteiger partial charge in [-0.2, -0.15) is 0 Å². The highest BCUT2D eigenvalue weighted by atomic mass is 19.1. The van der Waals surface area contributed by atoms with Gasteiger partial charge in [-0.25, -0.2) is 4.39 Å². The summed E-state index contributed by atoms with van der Waals surface area (Å²) in [6.45, 7) is 1.17. The summed E-state index contributed by atoms with van der Waals surface area (Å²) in [6.07, 6.45) is 0. The van der Waals surface area contributed by atoms with E-state index in [-0.39, 0.29) is 19.0 Å². The summed E-state index contributed by atoms with van der Waals surface area (Å²) in [4.78, 5) is 0. The zero-order chi connectivity index (χ0) is 14.6. The van der Waals surface area contributed by atoms with Gasteiger partial charge >= 0.3 is 0 Å². The lowest BCUT2D eigenvalue weighted by atomic mass is 9.97. The molecule has 0 saturated carbocycles. The van der Waals surface area contributed by atoms with Crippen molar-refractivity contribution in [3.05, 3.63) is 65.5 Å². The Labute approximate surface area is 117 Å². The van der Waals surface area contributed by atoms with E-state index >= 15 is 0 Å². The first-order chi connectivity index (χ1) is 9.54. The number of para-hydroxylation sites is 1. The van der Waals surface area contributed by atoms with Crippen molar-refractivity contribution in [1.29, 1.82) is 0 Å². The standard InChI is InChI=1S/C16H17FO3/c1-16(19,13-7-3-2-4-8-13)11-20-15-12(10-18)6-5-9-14(15)17/h2-9,18-19H,10-11H2,1H3. The van der Waals surface area contributed by atoms with Gasteiger partial charge in [0.1, 0.15) is 12.2 Å². The molecule has 0 aromatic heterocycles. The van der Waals surface area contributed by atoms with Crippen LogP contribution in [0.4, 0.5) is 4.39 Å². The Morgan fingerprint density at radius 1 is 1.10 bits per heavy atom. The van der Waals surface area contributed by atoms with Crippen LogP contribution in [0.3, 0.4) is 0 Å². The second-order valence-electron chi connectivity index (χ2n) is 4.81. The van der Waals surface area contributed by atoms with Crippen molar-refractivity contribution in [2.24, 2.45) is 0 Å². The molecule has 20 heavy (non-hydrogen) atoms. The molecule has 0 bridgehead atoms. The zero-order valence-corrected chi connectivity index (χ0v) is 11.2. The van der Waals surface area contributed by atoms with E-state index < -0.39 is 11.4 Å². The van der Waals surface area contributed by atoms with Gasteiger partial charge in [0.2, 0.25) is 0 Å². The van der Waals surface area contributed by atoms with Crippen LogP contribution in [0.2, 0.25) is 0 Å². The molecule has 2 rings (SSSR count). The topological polar surface area (TPSA) is 49.7 Å². The predicted molar refractivity (Wildman–Crippen MR) is 73.8 cm³/mol. The van der Waals surface area contributed by atoms with Gasteiger partial charge < -0.3 is 14.9 Å². The molecule has 2 aromatic rings. The normalized spacial score (nSPS) is 13.8. The molecule has 0 aliphatic carbocycles. The van der Waals surface area contributed by atoms with Gasteiger partial charge in [-0.3, -0.25) is 0 Å². The molecule has 0 heterocycles. The van der Waals surface area contributed by atoms with Gasteiger partial charge in [-0.1, -0.05) is 42.5 Å². The zero-order valence-electron chi connectivity index (χ0n) is 11.2. The maximum Gasteiger partial charge on any atom is 0.165 e. The van der Waals surface area contributed by atoms with Crippen LogP contribution in [0.15, 0.2) is 48.5 Å². The summed E-state index contributed by atoms with van der Waals surface area (Å²) in [6, 6.07) is 13.4. The number of halogens is 1. The van der Waals surface area contributed by atoms with Gasteiger partial charge in [0.15, 0.2) is 11.6 Å². The third kappa shape index (κ3) is 3.15. The highest BCUT2D eigenvalue weighted by molar-refractivity contribution is 5.34. The van der Waals surface area contributed by atoms with E-state index in [0.717, 1.165) is 0 Å². The Hall–Kier alpha value is -1.91. The molecule has 3 nitrogen and oxygen atoms in total. The number of benzene rings is 2. The first-order valence-corrected chi connectivity index (χ1v) is 6.33. The number of aliphatic hydroxyl groups is 2. The first-order valence-electron chi connectivity index (χ1n) is 6.33. The lowest BCUT2D eigenvalue weighted by molar-refractivity contribution is 0.00573. The molecule has 1 atom stereocenters. The molecule has 0 radical (unpaired) electrons. The Bertz CT molecular complexity index is 567. The van der Waals surface area contributed by atoms with E-state index in [0.29, 0.717) is 11.1 Å². The maximum absolute atomic E-state index is 13.7. The van der Waals surface area contributed by atoms with E-state index in [9.17, 15) is 14.6 Å². The van der Waals surface area contributed by atoms with E-state index in [4.69, 9.17) is 4.74 Å². The van der Waals surface area contributed by atoms with Crippen molar-refractivity contribution in [3.8, 4) is 5.75 Å². The molecule has 0 amide bonds. The minimum absolute atomic E-state index is 0.0220. The van der Waals surface area contributed by atoms with Crippen LogP contribution in [-0.2, 0) is 12.2 Å². The molecule has 0 saturated heterocycles. The second kappa shape index (κ2) is 6.03. The quantitative estimate of drug-likeness (QED) is 0.882. The molecule has 0 spiro atoms. The Morgan fingerprint density at radius 3 is 2.45 bits per heavy atom. The average molecular weight is 276 g/mol. The van der Waals surface area contributed by atoms with E-state index in [1.807, 2.05) is 18.2 Å². The summed E-state index contributed by atoms with van der Waals surface area (Å²) in [5, 5.41) is 19.6. The third-order valence-corrected chi connectivity index (χ3v) is 3.11. The third-order valence-electron chi connectivity index (χ3n) is 3.11. The van der Waals surface area contributed by atoms with Crippen molar-refractivity contribution in [2.75, 3.05) is 6.61 Å². The van der Waals surface area contributed by atoms with Crippen LogP contribution in [0.1, 0.15) is 18.1 Å². The summed E-state index contributed by atoms with van der Waals surface area (Å²) in [5.74, 6) is -0.577. The van der Waals surface area contributed by atoms with Gasteiger partial charge in [0.25, 0.3) is 0 Å². The lowest BCUT2D eigenvalue weighted by Gasteiger charge is -2.24. The lowest BCUT2D eigenvalue weighted by Crippen LogP contribution is -2.29. The summed E-state index contributed by atoms with van der Waals surface area (Å²) < 4.78 is 19.1. The highest BCUT2D eigenvalue weighted by Crippen LogP contribution is 2.26. The minimum Gasteiger partial charge on any atom is -0.487 e. The smallest absolute Gasteiger partial charge is 0.165 e. The number of hydrogen-bond acceptors (Lipinski definition) is 3. The van der Waals surface area contributed by atoms with Crippen LogP contribution in [0.5, 0.6) is 5.75 Å². The Morgan fingerprint density at radius 2 is 1.80 bits per heavy atom. The Kier molecular flexibility index (Phi) is 4.37. The highest BCUT2D eigenvalue weighted by Gasteiger charge is 2.25. The van der Waals surface area contributed by atoms with Crippen LogP contribution < -0.4 is 4.74 Å². The fourth-order valence-electron chi connectivity index (χ4n) is 1.93. The molecule has 106 valence electrons. The van der Waals surface area contributed by atoms with E-state index in [1.54, 1.807) is 25.1 Å².